The summed E-state index contributed by atoms with van der Waals surface area (Å²) in [5.74, 6) is 7.16. The second-order valence-electron chi connectivity index (χ2n) is 41.2. The van der Waals surface area contributed by atoms with Crippen molar-refractivity contribution in [2.24, 2.45) is 71.0 Å². The molecule has 13 aromatic carbocycles. The molecule has 0 saturated heterocycles. The van der Waals surface area contributed by atoms with Gasteiger partial charge in [-0.3, -0.25) is 0 Å². The molecule has 0 nitrogen and oxygen atoms in total. The Hall–Kier alpha value is -6.67. The smallest absolute Gasteiger partial charge is 0.0630 e. The van der Waals surface area contributed by atoms with E-state index in [2.05, 4.69) is 348 Å². The molecule has 13 aromatic rings. The van der Waals surface area contributed by atoms with Gasteiger partial charge in [-0.05, 0) is 307 Å². The first-order valence-corrected chi connectivity index (χ1v) is 54.4. The maximum Gasteiger partial charge on any atom is 0.0891 e. The minimum absolute atomic E-state index is 0.593. The van der Waals surface area contributed by atoms with E-state index in [1.54, 1.807) is 63.8 Å². The molecule has 13 rings (SSSR count). The predicted octanol–water partition coefficient (Wildman–Crippen LogP) is 31.0. The predicted molar refractivity (Wildman–Crippen MR) is 510 cm³/mol. The lowest BCUT2D eigenvalue weighted by Gasteiger charge is -2.42. The van der Waals surface area contributed by atoms with Crippen LogP contribution in [0, 0.1) is 71.0 Å². The van der Waals surface area contributed by atoms with Crippen LogP contribution in [0.5, 0.6) is 0 Å². The molecule has 4 heteroatoms. The Labute approximate surface area is 669 Å². The number of benzene rings is 13. The van der Waals surface area contributed by atoms with Crippen LogP contribution in [0.15, 0.2) is 182 Å². The van der Waals surface area contributed by atoms with E-state index in [1.165, 1.54) is 159 Å². The maximum atomic E-state index is 2.79. The number of hydrogen-bond donors (Lipinski definition) is 0. The molecule has 0 saturated carbocycles. The summed E-state index contributed by atoms with van der Waals surface area (Å²) in [4.78, 5) is 0. The van der Waals surface area contributed by atoms with Crippen molar-refractivity contribution in [1.29, 1.82) is 0 Å². The Morgan fingerprint density at radius 3 is 0.473 bits per heavy atom. The van der Waals surface area contributed by atoms with Crippen LogP contribution in [-0.4, -0.2) is 32.3 Å². The van der Waals surface area contributed by atoms with Crippen LogP contribution in [0.3, 0.4) is 0 Å². The van der Waals surface area contributed by atoms with Crippen molar-refractivity contribution >= 4 is 161 Å². The fourth-order valence-corrected chi connectivity index (χ4v) is 53.3. The largest absolute Gasteiger partial charge is 0.0891 e. The molecule has 0 radical (unpaired) electrons. The van der Waals surface area contributed by atoms with Crippen molar-refractivity contribution in [3.8, 4) is 22.3 Å². The molecule has 0 fully saturated rings. The quantitative estimate of drug-likeness (QED) is 0.0311. The highest BCUT2D eigenvalue weighted by Crippen LogP contribution is 2.47. The lowest BCUT2D eigenvalue weighted by atomic mass is 9.93. The summed E-state index contributed by atoms with van der Waals surface area (Å²) in [5, 5.41) is 36.3. The summed E-state index contributed by atoms with van der Waals surface area (Å²) in [6, 6.07) is 91.1. The van der Waals surface area contributed by atoms with E-state index >= 15 is 0 Å². The molecular weight excluding hydrogens is 1390 g/mol. The molecule has 0 aliphatic rings. The van der Waals surface area contributed by atoms with Crippen LogP contribution in [-0.2, 0) is 0 Å². The van der Waals surface area contributed by atoms with Crippen molar-refractivity contribution in [2.45, 2.75) is 239 Å². The molecule has 0 aliphatic heterocycles. The lowest BCUT2D eigenvalue weighted by molar-refractivity contribution is 0.649. The molecule has 0 unspecified atom stereocenters. The topological polar surface area (TPSA) is 0 Å². The average molecular weight is 1520 g/mol. The first-order valence-electron chi connectivity index (χ1n) is 43.9. The monoisotopic (exact) mass is 1520 g/mol. The highest BCUT2D eigenvalue weighted by molar-refractivity contribution is 7.00. The summed E-state index contributed by atoms with van der Waals surface area (Å²) < 4.78 is 0. The summed E-state index contributed by atoms with van der Waals surface area (Å²) in [7, 11) is -9.18. The van der Waals surface area contributed by atoms with E-state index in [4.69, 9.17) is 0 Å². The van der Waals surface area contributed by atoms with Crippen LogP contribution >= 0.6 is 0 Å². The zero-order valence-corrected chi connectivity index (χ0v) is 76.7. The number of rotatable bonds is 30. The minimum Gasteiger partial charge on any atom is -0.0630 e. The third kappa shape index (κ3) is 16.7. The molecule has 110 heavy (non-hydrogen) atoms. The van der Waals surface area contributed by atoms with Gasteiger partial charge in [0, 0.05) is 0 Å². The molecule has 0 spiro atoms. The van der Waals surface area contributed by atoms with Crippen LogP contribution in [0.1, 0.15) is 166 Å². The van der Waals surface area contributed by atoms with Crippen molar-refractivity contribution in [1.82, 2.24) is 0 Å². The first kappa shape index (κ1) is 81.3. The highest BCUT2D eigenvalue weighted by Gasteiger charge is 2.47. The normalized spacial score (nSPS) is 13.4. The summed E-state index contributed by atoms with van der Waals surface area (Å²) >= 11 is 0. The molecule has 0 heterocycles. The molecule has 0 amide bonds. The standard InChI is InChI=1S/C106H138Si4/c1-67(2)55-107(56-68(3)4,57-69(5)6)103-95-47-87-39-37-85(45-89(87)49-97(95)105(109(61-73(13)14,62-74(15)16)63-75(17)18)101-53-93-43-83-31-27-25-29-81(83)41-91(93)51-99(101)103)79-33-35-80(36-34-79)86-38-40-88-48-96-98(50-90(88)46-86)106(110(64-76(19)20,65-77(21)22)66-78(23)24)102-54-94-44-84-32-28-26-30-82(84)42-92(94)52-100(102)104(96)108(58-70(7)8,59-71(9)10)60-72(11)12/h25-54,67-78H,55-66H2,1-24H3. The second-order valence-corrected chi connectivity index (χ2v) is 58.3. The van der Waals surface area contributed by atoms with Crippen molar-refractivity contribution in [3.05, 3.63) is 182 Å². The minimum atomic E-state index is -2.31. The van der Waals surface area contributed by atoms with Crippen molar-refractivity contribution in [2.75, 3.05) is 0 Å². The number of fused-ring (bicyclic) bond motifs is 10. The highest BCUT2D eigenvalue weighted by atomic mass is 28.3. The van der Waals surface area contributed by atoms with Gasteiger partial charge in [0.2, 0.25) is 0 Å². The van der Waals surface area contributed by atoms with Gasteiger partial charge in [0.05, 0.1) is 32.3 Å². The van der Waals surface area contributed by atoms with E-state index in [9.17, 15) is 0 Å². The Morgan fingerprint density at radius 1 is 0.155 bits per heavy atom. The molecule has 0 N–H and O–H groups in total. The van der Waals surface area contributed by atoms with Gasteiger partial charge in [-0.15, -0.1) is 0 Å². The third-order valence-electron chi connectivity index (χ3n) is 25.1. The zero-order valence-electron chi connectivity index (χ0n) is 72.7. The second kappa shape index (κ2) is 32.7. The summed E-state index contributed by atoms with van der Waals surface area (Å²) in [6.45, 7) is 60.9. The molecule has 0 aliphatic carbocycles. The van der Waals surface area contributed by atoms with Crippen LogP contribution in [0.25, 0.3) is 130 Å². The van der Waals surface area contributed by atoms with Gasteiger partial charge in [-0.2, -0.15) is 0 Å². The van der Waals surface area contributed by atoms with Gasteiger partial charge in [0.25, 0.3) is 0 Å². The van der Waals surface area contributed by atoms with Crippen molar-refractivity contribution in [3.63, 3.8) is 0 Å². The van der Waals surface area contributed by atoms with Gasteiger partial charge in [0.1, 0.15) is 0 Å². The van der Waals surface area contributed by atoms with E-state index in [0.29, 0.717) is 71.0 Å². The lowest BCUT2D eigenvalue weighted by Crippen LogP contribution is -2.55. The SMILES string of the molecule is CC(C)C[Si](CC(C)C)(CC(C)C)c1c2cc3ccc(-c4ccc(-c5ccc6cc7c([Si](CC(C)C)(CC(C)C)CC(C)C)c8cc9cc%10ccccc%10cc9cc8c([Si](CC(C)C)(CC(C)C)CC(C)C)c7cc6c5)cc4)cc3cc2c([Si](CC(C)C)(CC(C)C)CC(C)C)c2cc3cc4ccccc4cc3cc12. The van der Waals surface area contributed by atoms with Gasteiger partial charge in [-0.25, -0.2) is 0 Å². The van der Waals surface area contributed by atoms with Gasteiger partial charge in [-0.1, -0.05) is 336 Å². The fourth-order valence-electron chi connectivity index (χ4n) is 23.9. The van der Waals surface area contributed by atoms with Gasteiger partial charge >= 0.3 is 0 Å². The summed E-state index contributed by atoms with van der Waals surface area (Å²) in [5.41, 5.74) is 5.16. The molecule has 0 atom stereocenters. The van der Waals surface area contributed by atoms with E-state index in [-0.39, 0.29) is 0 Å². The molecule has 0 bridgehead atoms. The first-order chi connectivity index (χ1) is 52.1. The van der Waals surface area contributed by atoms with Crippen LogP contribution in [0.4, 0.5) is 0 Å². The Bertz CT molecular complexity index is 5050. The number of hydrogen-bond acceptors (Lipinski definition) is 0. The Kier molecular flexibility index (Phi) is 24.2. The van der Waals surface area contributed by atoms with Crippen LogP contribution in [0.2, 0.25) is 72.5 Å². The van der Waals surface area contributed by atoms with E-state index in [1.807, 2.05) is 0 Å². The Balaban J connectivity index is 1.05. The molecule has 0 aromatic heterocycles. The maximum absolute atomic E-state index is 2.79. The Morgan fingerprint density at radius 2 is 0.300 bits per heavy atom. The third-order valence-corrected chi connectivity index (χ3v) is 50.6. The van der Waals surface area contributed by atoms with E-state index < -0.39 is 32.3 Å². The van der Waals surface area contributed by atoms with Crippen LogP contribution < -0.4 is 20.7 Å². The van der Waals surface area contributed by atoms with Crippen molar-refractivity contribution < 1.29 is 0 Å². The molecule has 578 valence electrons. The zero-order chi connectivity index (χ0) is 78.8. The molecular formula is C106H138Si4. The summed E-state index contributed by atoms with van der Waals surface area (Å²) in [6.07, 6.45) is 0. The van der Waals surface area contributed by atoms with E-state index in [0.717, 1.165) is 0 Å². The average Bonchev–Trinajstić information content (AvgIpc) is 0.703. The van der Waals surface area contributed by atoms with Gasteiger partial charge in [0.15, 0.2) is 0 Å². The fraction of sp³-hybridized carbons (Fsp3) is 0.453. The van der Waals surface area contributed by atoms with Gasteiger partial charge < -0.3 is 0 Å².